The molecule has 0 fully saturated rings. The van der Waals surface area contributed by atoms with E-state index in [-0.39, 0.29) is 17.7 Å². The molecule has 0 aliphatic rings. The summed E-state index contributed by atoms with van der Waals surface area (Å²) in [5, 5.41) is 12.2. The highest BCUT2D eigenvalue weighted by Gasteiger charge is 2.29. The molecule has 1 rings (SSSR count). The van der Waals surface area contributed by atoms with Crippen LogP contribution in [0.5, 0.6) is 0 Å². The van der Waals surface area contributed by atoms with Crippen molar-refractivity contribution < 1.29 is 14.7 Å². The molecule has 1 aromatic rings. The first-order valence-corrected chi connectivity index (χ1v) is 6.78. The molecule has 4 nitrogen and oxygen atoms in total. The van der Waals surface area contributed by atoms with E-state index >= 15 is 0 Å². The zero-order chi connectivity index (χ0) is 15.5. The first kappa shape index (κ1) is 16.5. The summed E-state index contributed by atoms with van der Waals surface area (Å²) in [6.45, 7) is 7.50. The van der Waals surface area contributed by atoms with Crippen molar-refractivity contribution in [3.8, 4) is 0 Å². The van der Waals surface area contributed by atoms with Gasteiger partial charge < -0.3 is 10.4 Å². The van der Waals surface area contributed by atoms with Crippen LogP contribution in [0.4, 0.5) is 0 Å². The third-order valence-electron chi connectivity index (χ3n) is 3.17. The van der Waals surface area contributed by atoms with Crippen LogP contribution in [0.15, 0.2) is 18.2 Å². The van der Waals surface area contributed by atoms with Crippen molar-refractivity contribution in [2.45, 2.75) is 40.2 Å². The molecule has 0 aliphatic heterocycles. The van der Waals surface area contributed by atoms with Crippen LogP contribution in [-0.4, -0.2) is 23.0 Å². The molecule has 2 N–H and O–H groups in total. The number of hydrogen-bond acceptors (Lipinski definition) is 2. The normalized spacial score (nSPS) is 12.8. The zero-order valence-electron chi connectivity index (χ0n) is 12.2. The topological polar surface area (TPSA) is 66.4 Å². The van der Waals surface area contributed by atoms with Gasteiger partial charge in [-0.3, -0.25) is 9.59 Å². The Kier molecular flexibility index (Phi) is 5.17. The number of benzene rings is 1. The molecule has 1 amide bonds. The van der Waals surface area contributed by atoms with Gasteiger partial charge in [0.1, 0.15) is 0 Å². The maximum Gasteiger partial charge on any atom is 0.305 e. The number of aliphatic carboxylic acids is 1. The van der Waals surface area contributed by atoms with Crippen LogP contribution in [0.2, 0.25) is 5.02 Å². The second kappa shape index (κ2) is 6.27. The van der Waals surface area contributed by atoms with Crippen molar-refractivity contribution in [2.75, 3.05) is 0 Å². The van der Waals surface area contributed by atoms with E-state index < -0.39 is 12.0 Å². The Hall–Kier alpha value is -1.55. The third-order valence-corrected chi connectivity index (χ3v) is 3.41. The van der Waals surface area contributed by atoms with Crippen LogP contribution in [0, 0.1) is 12.3 Å². The van der Waals surface area contributed by atoms with E-state index in [4.69, 9.17) is 16.7 Å². The van der Waals surface area contributed by atoms with Crippen LogP contribution in [0.25, 0.3) is 0 Å². The number of hydrogen-bond donors (Lipinski definition) is 2. The Bertz CT molecular complexity index is 520. The number of aryl methyl sites for hydroxylation is 1. The van der Waals surface area contributed by atoms with Gasteiger partial charge in [-0.1, -0.05) is 38.4 Å². The van der Waals surface area contributed by atoms with Crippen molar-refractivity contribution in [1.82, 2.24) is 5.32 Å². The van der Waals surface area contributed by atoms with Crippen molar-refractivity contribution >= 4 is 23.5 Å². The number of rotatable bonds is 4. The predicted molar refractivity (Wildman–Crippen MR) is 79.2 cm³/mol. The van der Waals surface area contributed by atoms with Gasteiger partial charge in [0.15, 0.2) is 0 Å². The maximum absolute atomic E-state index is 12.3. The number of carbonyl (C=O) groups is 2. The van der Waals surface area contributed by atoms with E-state index in [0.29, 0.717) is 10.6 Å². The second-order valence-electron chi connectivity index (χ2n) is 5.95. The minimum atomic E-state index is -0.937. The van der Waals surface area contributed by atoms with Crippen LogP contribution in [-0.2, 0) is 4.79 Å². The molecular weight excluding hydrogens is 278 g/mol. The van der Waals surface area contributed by atoms with Gasteiger partial charge in [-0.25, -0.2) is 0 Å². The SMILES string of the molecule is Cc1ccc(Cl)cc1C(=O)NC(CC(=O)O)C(C)(C)C. The first-order valence-electron chi connectivity index (χ1n) is 6.40. The molecule has 110 valence electrons. The smallest absolute Gasteiger partial charge is 0.305 e. The second-order valence-corrected chi connectivity index (χ2v) is 6.39. The number of halogens is 1. The summed E-state index contributed by atoms with van der Waals surface area (Å²) in [7, 11) is 0. The predicted octanol–water partition coefficient (Wildman–Crippen LogP) is 3.27. The Morgan fingerprint density at radius 2 is 1.95 bits per heavy atom. The van der Waals surface area contributed by atoms with Gasteiger partial charge in [0, 0.05) is 16.6 Å². The van der Waals surface area contributed by atoms with Crippen LogP contribution < -0.4 is 5.32 Å². The highest BCUT2D eigenvalue weighted by atomic mass is 35.5. The van der Waals surface area contributed by atoms with Crippen molar-refractivity contribution in [1.29, 1.82) is 0 Å². The zero-order valence-corrected chi connectivity index (χ0v) is 12.9. The average molecular weight is 298 g/mol. The Morgan fingerprint density at radius 1 is 1.35 bits per heavy atom. The lowest BCUT2D eigenvalue weighted by atomic mass is 9.84. The fraction of sp³-hybridized carbons (Fsp3) is 0.467. The van der Waals surface area contributed by atoms with Gasteiger partial charge in [0.2, 0.25) is 0 Å². The summed E-state index contributed by atoms with van der Waals surface area (Å²) >= 11 is 5.90. The van der Waals surface area contributed by atoms with Gasteiger partial charge in [-0.05, 0) is 30.0 Å². The maximum atomic E-state index is 12.3. The lowest BCUT2D eigenvalue weighted by molar-refractivity contribution is -0.138. The lowest BCUT2D eigenvalue weighted by Crippen LogP contribution is -2.45. The van der Waals surface area contributed by atoms with Crippen molar-refractivity contribution in [2.24, 2.45) is 5.41 Å². The van der Waals surface area contributed by atoms with Crippen LogP contribution >= 0.6 is 11.6 Å². The number of nitrogens with one attached hydrogen (secondary N) is 1. The molecule has 0 spiro atoms. The third kappa shape index (κ3) is 4.53. The van der Waals surface area contributed by atoms with Gasteiger partial charge >= 0.3 is 5.97 Å². The Labute approximate surface area is 124 Å². The standard InChI is InChI=1S/C15H20ClNO3/c1-9-5-6-10(16)7-11(9)14(20)17-12(8-13(18)19)15(2,3)4/h5-7,12H,8H2,1-4H3,(H,17,20)(H,18,19). The number of carboxylic acid groups (broad SMARTS) is 1. The number of carbonyl (C=O) groups excluding carboxylic acids is 1. The molecule has 0 aliphatic carbocycles. The molecule has 0 aromatic heterocycles. The van der Waals surface area contributed by atoms with Gasteiger partial charge in [0.05, 0.1) is 6.42 Å². The Morgan fingerprint density at radius 3 is 2.45 bits per heavy atom. The summed E-state index contributed by atoms with van der Waals surface area (Å²) in [4.78, 5) is 23.2. The molecular formula is C15H20ClNO3. The van der Waals surface area contributed by atoms with Gasteiger partial charge in [-0.15, -0.1) is 0 Å². The van der Waals surface area contributed by atoms with Gasteiger partial charge in [0.25, 0.3) is 5.91 Å². The molecule has 0 saturated heterocycles. The molecule has 5 heteroatoms. The summed E-state index contributed by atoms with van der Waals surface area (Å²) in [5.74, 6) is -1.24. The summed E-state index contributed by atoms with van der Waals surface area (Å²) in [5.41, 5.74) is 0.924. The van der Waals surface area contributed by atoms with Gasteiger partial charge in [-0.2, -0.15) is 0 Å². The van der Waals surface area contributed by atoms with E-state index in [1.54, 1.807) is 18.2 Å². The summed E-state index contributed by atoms with van der Waals surface area (Å²) < 4.78 is 0. The van der Waals surface area contributed by atoms with E-state index in [1.807, 2.05) is 27.7 Å². The van der Waals surface area contributed by atoms with E-state index in [1.165, 1.54) is 0 Å². The minimum Gasteiger partial charge on any atom is -0.481 e. The summed E-state index contributed by atoms with van der Waals surface area (Å²) in [6, 6.07) is 4.62. The molecule has 0 saturated carbocycles. The minimum absolute atomic E-state index is 0.116. The molecule has 20 heavy (non-hydrogen) atoms. The van der Waals surface area contributed by atoms with E-state index in [9.17, 15) is 9.59 Å². The fourth-order valence-corrected chi connectivity index (χ4v) is 2.00. The lowest BCUT2D eigenvalue weighted by Gasteiger charge is -2.30. The molecule has 1 aromatic carbocycles. The van der Waals surface area contributed by atoms with E-state index in [2.05, 4.69) is 5.32 Å². The molecule has 1 atom stereocenters. The van der Waals surface area contributed by atoms with E-state index in [0.717, 1.165) is 5.56 Å². The fourth-order valence-electron chi connectivity index (χ4n) is 1.82. The first-order chi connectivity index (χ1) is 9.11. The van der Waals surface area contributed by atoms with Crippen molar-refractivity contribution in [3.05, 3.63) is 34.3 Å². The van der Waals surface area contributed by atoms with Crippen LogP contribution in [0.1, 0.15) is 43.1 Å². The molecule has 0 heterocycles. The highest BCUT2D eigenvalue weighted by molar-refractivity contribution is 6.31. The Balaban J connectivity index is 2.96. The average Bonchev–Trinajstić information content (AvgIpc) is 2.29. The highest BCUT2D eigenvalue weighted by Crippen LogP contribution is 2.23. The molecule has 0 radical (unpaired) electrons. The van der Waals surface area contributed by atoms with Crippen molar-refractivity contribution in [3.63, 3.8) is 0 Å². The van der Waals surface area contributed by atoms with Crippen LogP contribution in [0.3, 0.4) is 0 Å². The largest absolute Gasteiger partial charge is 0.481 e. The number of amides is 1. The quantitative estimate of drug-likeness (QED) is 0.896. The molecule has 1 unspecified atom stereocenters. The summed E-state index contributed by atoms with van der Waals surface area (Å²) in [6.07, 6.45) is -0.116. The molecule has 0 bridgehead atoms. The monoisotopic (exact) mass is 297 g/mol. The number of carboxylic acids is 1.